The third-order valence-electron chi connectivity index (χ3n) is 2.81. The van der Waals surface area contributed by atoms with Gasteiger partial charge in [-0.2, -0.15) is 0 Å². The van der Waals surface area contributed by atoms with Crippen LogP contribution in [0.15, 0.2) is 36.4 Å². The van der Waals surface area contributed by atoms with Crippen molar-refractivity contribution in [2.75, 3.05) is 7.11 Å². The first-order chi connectivity index (χ1) is 8.56. The zero-order valence-electron chi connectivity index (χ0n) is 10.9. The molecule has 0 bridgehead atoms. The lowest BCUT2D eigenvalue weighted by atomic mass is 9.90. The fourth-order valence-corrected chi connectivity index (χ4v) is 1.82. The van der Waals surface area contributed by atoms with Crippen LogP contribution in [0.1, 0.15) is 19.4 Å². The minimum absolute atomic E-state index is 0.174. The summed E-state index contributed by atoms with van der Waals surface area (Å²) >= 11 is 0. The molecule has 0 aromatic heterocycles. The van der Waals surface area contributed by atoms with Gasteiger partial charge >= 0.3 is 5.97 Å². The summed E-state index contributed by atoms with van der Waals surface area (Å²) in [5.74, 6) is -1.56. The van der Waals surface area contributed by atoms with Gasteiger partial charge in [0.25, 0.3) is 0 Å². The molecule has 0 amide bonds. The standard InChI is InChI=1S/C15H18O3/c1-11(14(12(2)16)15(17)18-3)9-10-13-7-5-4-6-8-13/h4-11,14H,1-3H3/b10-9+. The number of rotatable bonds is 5. The number of benzene rings is 1. The Kier molecular flexibility index (Phi) is 5.31. The predicted octanol–water partition coefficient (Wildman–Crippen LogP) is 2.71. The van der Waals surface area contributed by atoms with Crippen LogP contribution in [-0.2, 0) is 14.3 Å². The van der Waals surface area contributed by atoms with E-state index in [2.05, 4.69) is 4.74 Å². The molecule has 0 fully saturated rings. The Morgan fingerprint density at radius 1 is 1.22 bits per heavy atom. The van der Waals surface area contributed by atoms with E-state index in [1.807, 2.05) is 49.4 Å². The molecule has 0 N–H and O–H groups in total. The van der Waals surface area contributed by atoms with Gasteiger partial charge in [-0.3, -0.25) is 9.59 Å². The number of hydrogen-bond donors (Lipinski definition) is 0. The lowest BCUT2D eigenvalue weighted by Crippen LogP contribution is -2.28. The van der Waals surface area contributed by atoms with Crippen molar-refractivity contribution in [3.63, 3.8) is 0 Å². The Morgan fingerprint density at radius 3 is 2.33 bits per heavy atom. The maximum absolute atomic E-state index is 11.5. The second-order valence-electron chi connectivity index (χ2n) is 4.24. The molecule has 96 valence electrons. The number of carbonyl (C=O) groups is 2. The molecule has 0 spiro atoms. The first-order valence-electron chi connectivity index (χ1n) is 5.87. The quantitative estimate of drug-likeness (QED) is 0.592. The van der Waals surface area contributed by atoms with E-state index in [1.54, 1.807) is 0 Å². The number of ether oxygens (including phenoxy) is 1. The average molecular weight is 246 g/mol. The van der Waals surface area contributed by atoms with Gasteiger partial charge in [-0.05, 0) is 18.4 Å². The largest absolute Gasteiger partial charge is 0.468 e. The highest BCUT2D eigenvalue weighted by atomic mass is 16.5. The summed E-state index contributed by atoms with van der Waals surface area (Å²) in [6, 6.07) is 9.74. The van der Waals surface area contributed by atoms with E-state index < -0.39 is 11.9 Å². The molecule has 0 saturated heterocycles. The van der Waals surface area contributed by atoms with Crippen LogP contribution in [0, 0.1) is 11.8 Å². The molecule has 0 heterocycles. The van der Waals surface area contributed by atoms with E-state index in [0.717, 1.165) is 5.56 Å². The Balaban J connectivity index is 2.79. The fourth-order valence-electron chi connectivity index (χ4n) is 1.82. The Bertz CT molecular complexity index is 434. The van der Waals surface area contributed by atoms with Gasteiger partial charge in [0.1, 0.15) is 11.7 Å². The van der Waals surface area contributed by atoms with Crippen molar-refractivity contribution in [1.82, 2.24) is 0 Å². The molecule has 0 radical (unpaired) electrons. The summed E-state index contributed by atoms with van der Waals surface area (Å²) in [5, 5.41) is 0. The Morgan fingerprint density at radius 2 is 1.83 bits per heavy atom. The highest BCUT2D eigenvalue weighted by molar-refractivity contribution is 5.98. The van der Waals surface area contributed by atoms with Crippen LogP contribution < -0.4 is 0 Å². The topological polar surface area (TPSA) is 43.4 Å². The maximum Gasteiger partial charge on any atom is 0.316 e. The number of carbonyl (C=O) groups excluding carboxylic acids is 2. The minimum Gasteiger partial charge on any atom is -0.468 e. The molecule has 0 aliphatic carbocycles. The smallest absolute Gasteiger partial charge is 0.316 e. The number of Topliss-reactive ketones (excluding diaryl/α,β-unsaturated/α-hetero) is 1. The van der Waals surface area contributed by atoms with Crippen molar-refractivity contribution < 1.29 is 14.3 Å². The van der Waals surface area contributed by atoms with Crippen LogP contribution in [0.25, 0.3) is 6.08 Å². The summed E-state index contributed by atoms with van der Waals surface area (Å²) in [4.78, 5) is 23.0. The number of methoxy groups -OCH3 is 1. The molecular formula is C15H18O3. The molecule has 18 heavy (non-hydrogen) atoms. The molecule has 1 aromatic carbocycles. The third kappa shape index (κ3) is 3.84. The third-order valence-corrected chi connectivity index (χ3v) is 2.81. The van der Waals surface area contributed by atoms with E-state index in [-0.39, 0.29) is 11.7 Å². The molecule has 0 aliphatic rings. The lowest BCUT2D eigenvalue weighted by molar-refractivity contribution is -0.150. The van der Waals surface area contributed by atoms with E-state index in [0.29, 0.717) is 0 Å². The second-order valence-corrected chi connectivity index (χ2v) is 4.24. The molecule has 2 atom stereocenters. The van der Waals surface area contributed by atoms with Gasteiger partial charge in [-0.25, -0.2) is 0 Å². The molecular weight excluding hydrogens is 228 g/mol. The Labute approximate surface area is 107 Å². The van der Waals surface area contributed by atoms with Crippen molar-refractivity contribution >= 4 is 17.8 Å². The van der Waals surface area contributed by atoms with Crippen LogP contribution in [-0.4, -0.2) is 18.9 Å². The van der Waals surface area contributed by atoms with Gasteiger partial charge in [0.05, 0.1) is 7.11 Å². The van der Waals surface area contributed by atoms with Gasteiger partial charge in [-0.1, -0.05) is 49.4 Å². The SMILES string of the molecule is COC(=O)C(C(C)=O)C(C)/C=C/c1ccccc1. The van der Waals surface area contributed by atoms with Crippen molar-refractivity contribution in [3.8, 4) is 0 Å². The highest BCUT2D eigenvalue weighted by Gasteiger charge is 2.28. The minimum atomic E-state index is -0.727. The van der Waals surface area contributed by atoms with Crippen LogP contribution in [0.5, 0.6) is 0 Å². The van der Waals surface area contributed by atoms with Gasteiger partial charge < -0.3 is 4.74 Å². The monoisotopic (exact) mass is 246 g/mol. The molecule has 3 nitrogen and oxygen atoms in total. The molecule has 3 heteroatoms. The zero-order chi connectivity index (χ0) is 13.5. The summed E-state index contributed by atoms with van der Waals surface area (Å²) in [6.45, 7) is 3.25. The van der Waals surface area contributed by atoms with Crippen molar-refractivity contribution in [3.05, 3.63) is 42.0 Å². The first-order valence-corrected chi connectivity index (χ1v) is 5.87. The summed E-state index contributed by atoms with van der Waals surface area (Å²) in [7, 11) is 1.30. The number of esters is 1. The molecule has 1 rings (SSSR count). The summed E-state index contributed by atoms with van der Waals surface area (Å²) in [5.41, 5.74) is 1.04. The van der Waals surface area contributed by atoms with E-state index in [4.69, 9.17) is 0 Å². The van der Waals surface area contributed by atoms with Crippen molar-refractivity contribution in [1.29, 1.82) is 0 Å². The lowest BCUT2D eigenvalue weighted by Gasteiger charge is -2.15. The average Bonchev–Trinajstić information content (AvgIpc) is 2.37. The number of ketones is 1. The van der Waals surface area contributed by atoms with Crippen LogP contribution >= 0.6 is 0 Å². The van der Waals surface area contributed by atoms with Gasteiger partial charge in [0.2, 0.25) is 0 Å². The zero-order valence-corrected chi connectivity index (χ0v) is 10.9. The maximum atomic E-state index is 11.5. The van der Waals surface area contributed by atoms with E-state index in [1.165, 1.54) is 14.0 Å². The van der Waals surface area contributed by atoms with E-state index >= 15 is 0 Å². The van der Waals surface area contributed by atoms with Crippen molar-refractivity contribution in [2.45, 2.75) is 13.8 Å². The van der Waals surface area contributed by atoms with Gasteiger partial charge in [0, 0.05) is 0 Å². The molecule has 0 saturated carbocycles. The van der Waals surface area contributed by atoms with Crippen LogP contribution in [0.3, 0.4) is 0 Å². The molecule has 0 aliphatic heterocycles. The second kappa shape index (κ2) is 6.74. The van der Waals surface area contributed by atoms with E-state index in [9.17, 15) is 9.59 Å². The van der Waals surface area contributed by atoms with Gasteiger partial charge in [0.15, 0.2) is 0 Å². The highest BCUT2D eigenvalue weighted by Crippen LogP contribution is 2.17. The van der Waals surface area contributed by atoms with Gasteiger partial charge in [-0.15, -0.1) is 0 Å². The Hall–Kier alpha value is -1.90. The van der Waals surface area contributed by atoms with Crippen LogP contribution in [0.2, 0.25) is 0 Å². The fraction of sp³-hybridized carbons (Fsp3) is 0.333. The molecule has 2 unspecified atom stereocenters. The normalized spacial score (nSPS) is 14.2. The number of allylic oxidation sites excluding steroid dienone is 1. The predicted molar refractivity (Wildman–Crippen MR) is 70.8 cm³/mol. The van der Waals surface area contributed by atoms with Crippen LogP contribution in [0.4, 0.5) is 0 Å². The summed E-state index contributed by atoms with van der Waals surface area (Å²) < 4.78 is 4.65. The first kappa shape index (κ1) is 14.2. The molecule has 1 aromatic rings. The van der Waals surface area contributed by atoms with Crippen molar-refractivity contribution in [2.24, 2.45) is 11.8 Å². The number of hydrogen-bond acceptors (Lipinski definition) is 3. The summed E-state index contributed by atoms with van der Waals surface area (Å²) in [6.07, 6.45) is 3.77.